The number of hydrogen-bond donors (Lipinski definition) is 0. The van der Waals surface area contributed by atoms with E-state index in [1.807, 2.05) is 19.1 Å². The zero-order chi connectivity index (χ0) is 16.2. The average molecular weight is 347 g/mol. The van der Waals surface area contributed by atoms with E-state index in [2.05, 4.69) is 26.9 Å². The van der Waals surface area contributed by atoms with Crippen LogP contribution in [-0.2, 0) is 4.79 Å². The number of piperazine rings is 1. The summed E-state index contributed by atoms with van der Waals surface area (Å²) in [6.07, 6.45) is 0. The molecule has 1 amide bonds. The van der Waals surface area contributed by atoms with Gasteiger partial charge in [-0.15, -0.1) is 10.2 Å². The van der Waals surface area contributed by atoms with E-state index < -0.39 is 0 Å². The number of aromatic nitrogens is 2. The van der Waals surface area contributed by atoms with Gasteiger partial charge in [-0.25, -0.2) is 0 Å². The molecule has 1 fully saturated rings. The molecule has 1 aliphatic heterocycles. The van der Waals surface area contributed by atoms with Crippen LogP contribution in [0.3, 0.4) is 0 Å². The van der Waals surface area contributed by atoms with Gasteiger partial charge in [-0.05, 0) is 25.1 Å². The number of carbonyl (C=O) groups excluding carboxylic acids is 1. The lowest BCUT2D eigenvalue weighted by molar-refractivity contribution is -0.127. The third kappa shape index (κ3) is 3.81. The number of rotatable bonds is 1. The molecule has 0 bridgehead atoms. The van der Waals surface area contributed by atoms with E-state index in [1.54, 1.807) is 22.5 Å². The summed E-state index contributed by atoms with van der Waals surface area (Å²) >= 11 is 7.43. The van der Waals surface area contributed by atoms with Crippen LogP contribution in [0.15, 0.2) is 29.8 Å². The van der Waals surface area contributed by atoms with E-state index in [-0.39, 0.29) is 11.9 Å². The fraction of sp³-hybridized carbons (Fsp3) is 0.312. The van der Waals surface area contributed by atoms with Crippen LogP contribution < -0.4 is 4.90 Å². The summed E-state index contributed by atoms with van der Waals surface area (Å²) in [5, 5.41) is 9.45. The van der Waals surface area contributed by atoms with Crippen LogP contribution in [0.1, 0.15) is 12.5 Å². The molecule has 1 saturated heterocycles. The number of nitrogens with zero attached hydrogens (tertiary/aromatic N) is 4. The molecule has 23 heavy (non-hydrogen) atoms. The molecule has 1 unspecified atom stereocenters. The van der Waals surface area contributed by atoms with E-state index in [4.69, 9.17) is 11.6 Å². The topological polar surface area (TPSA) is 49.3 Å². The second-order valence-electron chi connectivity index (χ2n) is 5.28. The fourth-order valence-corrected chi connectivity index (χ4v) is 3.29. The molecule has 0 spiro atoms. The summed E-state index contributed by atoms with van der Waals surface area (Å²) in [4.78, 5) is 16.3. The van der Waals surface area contributed by atoms with Crippen molar-refractivity contribution in [2.45, 2.75) is 13.0 Å². The van der Waals surface area contributed by atoms with Gasteiger partial charge in [0.2, 0.25) is 5.13 Å². The molecule has 118 valence electrons. The summed E-state index contributed by atoms with van der Waals surface area (Å²) in [6, 6.07) is 7.26. The lowest BCUT2D eigenvalue weighted by atomic mass is 10.2. The predicted octanol–water partition coefficient (Wildman–Crippen LogP) is 2.28. The van der Waals surface area contributed by atoms with E-state index in [1.165, 1.54) is 11.3 Å². The first kappa shape index (κ1) is 15.8. The second kappa shape index (κ2) is 6.99. The molecule has 0 saturated carbocycles. The zero-order valence-electron chi connectivity index (χ0n) is 12.6. The molecule has 1 aliphatic rings. The molecular weight excluding hydrogens is 332 g/mol. The highest BCUT2D eigenvalue weighted by atomic mass is 35.5. The molecule has 3 rings (SSSR count). The largest absolute Gasteiger partial charge is 0.343 e. The summed E-state index contributed by atoms with van der Waals surface area (Å²) in [5.74, 6) is 5.43. The normalized spacial score (nSPS) is 17.6. The molecule has 0 radical (unpaired) electrons. The van der Waals surface area contributed by atoms with Crippen molar-refractivity contribution in [3.63, 3.8) is 0 Å². The lowest BCUT2D eigenvalue weighted by Gasteiger charge is -2.38. The molecule has 1 aromatic heterocycles. The molecule has 2 aromatic rings. The maximum absolute atomic E-state index is 12.3. The van der Waals surface area contributed by atoms with E-state index in [9.17, 15) is 4.79 Å². The van der Waals surface area contributed by atoms with Crippen LogP contribution in [-0.4, -0.2) is 46.7 Å². The molecule has 5 nitrogen and oxygen atoms in total. The zero-order valence-corrected chi connectivity index (χ0v) is 14.1. The maximum Gasteiger partial charge on any atom is 0.299 e. The first-order chi connectivity index (χ1) is 11.1. The highest BCUT2D eigenvalue weighted by Crippen LogP contribution is 2.20. The van der Waals surface area contributed by atoms with Crippen LogP contribution in [0.25, 0.3) is 0 Å². The van der Waals surface area contributed by atoms with Crippen LogP contribution in [0, 0.1) is 11.8 Å². The van der Waals surface area contributed by atoms with Crippen LogP contribution in [0.2, 0.25) is 5.02 Å². The average Bonchev–Trinajstić information content (AvgIpc) is 3.07. The lowest BCUT2D eigenvalue weighted by Crippen LogP contribution is -2.53. The minimum absolute atomic E-state index is 0.0776. The number of amides is 1. The Kier molecular flexibility index (Phi) is 4.79. The SMILES string of the molecule is CC1CN(c2nncs2)CCN1C(=O)C#Cc1cccc(Cl)c1. The number of anilines is 1. The van der Waals surface area contributed by atoms with Gasteiger partial charge in [-0.1, -0.05) is 34.9 Å². The number of benzene rings is 1. The smallest absolute Gasteiger partial charge is 0.299 e. The minimum Gasteiger partial charge on any atom is -0.343 e. The van der Waals surface area contributed by atoms with Gasteiger partial charge in [0.1, 0.15) is 5.51 Å². The number of carbonyl (C=O) groups is 1. The van der Waals surface area contributed by atoms with Crippen molar-refractivity contribution in [1.82, 2.24) is 15.1 Å². The summed E-state index contributed by atoms with van der Waals surface area (Å²) in [7, 11) is 0. The van der Waals surface area contributed by atoms with Crippen molar-refractivity contribution in [2.75, 3.05) is 24.5 Å². The van der Waals surface area contributed by atoms with Crippen molar-refractivity contribution >= 4 is 34.0 Å². The van der Waals surface area contributed by atoms with Crippen molar-refractivity contribution in [3.05, 3.63) is 40.4 Å². The quantitative estimate of drug-likeness (QED) is 0.743. The molecule has 7 heteroatoms. The Morgan fingerprint density at radius 2 is 2.30 bits per heavy atom. The first-order valence-corrected chi connectivity index (χ1v) is 8.48. The monoisotopic (exact) mass is 346 g/mol. The predicted molar refractivity (Wildman–Crippen MR) is 91.6 cm³/mol. The second-order valence-corrected chi connectivity index (χ2v) is 6.52. The first-order valence-electron chi connectivity index (χ1n) is 7.23. The molecule has 0 N–H and O–H groups in total. The fourth-order valence-electron chi connectivity index (χ4n) is 2.50. The Morgan fingerprint density at radius 3 is 3.00 bits per heavy atom. The van der Waals surface area contributed by atoms with Gasteiger partial charge in [0, 0.05) is 42.2 Å². The van der Waals surface area contributed by atoms with Gasteiger partial charge in [0.05, 0.1) is 0 Å². The van der Waals surface area contributed by atoms with Gasteiger partial charge in [-0.3, -0.25) is 4.79 Å². The van der Waals surface area contributed by atoms with Gasteiger partial charge in [0.25, 0.3) is 5.91 Å². The number of hydrogen-bond acceptors (Lipinski definition) is 5. The Hall–Kier alpha value is -2.10. The van der Waals surface area contributed by atoms with E-state index in [0.717, 1.165) is 23.8 Å². The Labute approximate surface area is 143 Å². The standard InChI is InChI=1S/C16H15ClN4OS/c1-12-10-20(16-19-18-11-23-16)7-8-21(12)15(22)6-5-13-3-2-4-14(17)9-13/h2-4,9,11-12H,7-8,10H2,1H3. The van der Waals surface area contributed by atoms with Crippen molar-refractivity contribution in [1.29, 1.82) is 0 Å². The maximum atomic E-state index is 12.3. The van der Waals surface area contributed by atoms with Crippen molar-refractivity contribution < 1.29 is 4.79 Å². The highest BCUT2D eigenvalue weighted by Gasteiger charge is 2.27. The van der Waals surface area contributed by atoms with Crippen molar-refractivity contribution in [2.24, 2.45) is 0 Å². The molecule has 2 heterocycles. The summed E-state index contributed by atoms with van der Waals surface area (Å²) < 4.78 is 0. The third-order valence-electron chi connectivity index (χ3n) is 3.65. The van der Waals surface area contributed by atoms with Crippen LogP contribution in [0.4, 0.5) is 5.13 Å². The van der Waals surface area contributed by atoms with Gasteiger partial charge >= 0.3 is 0 Å². The molecule has 0 aliphatic carbocycles. The van der Waals surface area contributed by atoms with Crippen LogP contribution >= 0.6 is 22.9 Å². The van der Waals surface area contributed by atoms with Gasteiger partial charge < -0.3 is 9.80 Å². The Morgan fingerprint density at radius 1 is 1.43 bits per heavy atom. The third-order valence-corrected chi connectivity index (χ3v) is 4.63. The Balaban J connectivity index is 1.65. The van der Waals surface area contributed by atoms with Crippen molar-refractivity contribution in [3.8, 4) is 11.8 Å². The van der Waals surface area contributed by atoms with Gasteiger partial charge in [-0.2, -0.15) is 0 Å². The highest BCUT2D eigenvalue weighted by molar-refractivity contribution is 7.13. The molecular formula is C16H15ClN4OS. The Bertz CT molecular complexity index is 753. The minimum atomic E-state index is -0.158. The molecule has 1 atom stereocenters. The summed E-state index contributed by atoms with van der Waals surface area (Å²) in [5.41, 5.74) is 2.46. The van der Waals surface area contributed by atoms with Crippen LogP contribution in [0.5, 0.6) is 0 Å². The number of halogens is 1. The van der Waals surface area contributed by atoms with E-state index >= 15 is 0 Å². The van der Waals surface area contributed by atoms with E-state index in [0.29, 0.717) is 11.6 Å². The van der Waals surface area contributed by atoms with Gasteiger partial charge in [0.15, 0.2) is 0 Å². The molecule has 1 aromatic carbocycles. The summed E-state index contributed by atoms with van der Waals surface area (Å²) in [6.45, 7) is 4.12.